The number of hydrogen-bond donors (Lipinski definition) is 2. The Morgan fingerprint density at radius 3 is 2.80 bits per heavy atom. The van der Waals surface area contributed by atoms with E-state index in [1.54, 1.807) is 0 Å². The Morgan fingerprint density at radius 1 is 1.60 bits per heavy atom. The molecule has 2 rings (SSSR count). The molecule has 1 amide bonds. The summed E-state index contributed by atoms with van der Waals surface area (Å²) >= 11 is 0. The van der Waals surface area contributed by atoms with Crippen LogP contribution in [-0.2, 0) is 9.53 Å². The average Bonchev–Trinajstić information content (AvgIpc) is 2.77. The molecule has 2 fully saturated rings. The first-order valence-electron chi connectivity index (χ1n) is 5.36. The molecule has 5 heteroatoms. The second kappa shape index (κ2) is 5.14. The van der Waals surface area contributed by atoms with E-state index < -0.39 is 0 Å². The van der Waals surface area contributed by atoms with Crippen molar-refractivity contribution in [1.82, 2.24) is 5.32 Å². The standard InChI is InChI=1S/C10H18N2O2.ClH/c1-6(5-11)10(13)12-8-4-7-2-3-9(8)14-7;/h6-9H,2-5,11H2,1H3,(H,12,13);1H/t6?,7-,8-,9+;/m1./s1. The van der Waals surface area contributed by atoms with E-state index in [4.69, 9.17) is 10.5 Å². The molecule has 4 atom stereocenters. The van der Waals surface area contributed by atoms with Crippen molar-refractivity contribution in [1.29, 1.82) is 0 Å². The van der Waals surface area contributed by atoms with E-state index in [-0.39, 0.29) is 36.4 Å². The largest absolute Gasteiger partial charge is 0.373 e. The summed E-state index contributed by atoms with van der Waals surface area (Å²) in [5.74, 6) is -0.0252. The number of hydrogen-bond acceptors (Lipinski definition) is 3. The molecular formula is C10H19ClN2O2. The van der Waals surface area contributed by atoms with Crippen LogP contribution in [0.15, 0.2) is 0 Å². The van der Waals surface area contributed by atoms with Gasteiger partial charge in [0.25, 0.3) is 0 Å². The Hall–Kier alpha value is -0.320. The molecule has 15 heavy (non-hydrogen) atoms. The minimum absolute atomic E-state index is 0. The Kier molecular flexibility index (Phi) is 4.37. The number of amides is 1. The van der Waals surface area contributed by atoms with Crippen molar-refractivity contribution in [3.8, 4) is 0 Å². The molecule has 4 nitrogen and oxygen atoms in total. The minimum atomic E-state index is -0.0888. The third-order valence-corrected chi connectivity index (χ3v) is 3.23. The summed E-state index contributed by atoms with van der Waals surface area (Å²) in [5.41, 5.74) is 5.43. The zero-order chi connectivity index (χ0) is 10.1. The van der Waals surface area contributed by atoms with Crippen LogP contribution >= 0.6 is 12.4 Å². The van der Waals surface area contributed by atoms with E-state index in [1.165, 1.54) is 0 Å². The number of ether oxygens (including phenoxy) is 1. The fraction of sp³-hybridized carbons (Fsp3) is 0.900. The molecule has 2 bridgehead atoms. The number of carbonyl (C=O) groups is 1. The summed E-state index contributed by atoms with van der Waals surface area (Å²) in [6, 6.07) is 0.232. The molecule has 3 N–H and O–H groups in total. The summed E-state index contributed by atoms with van der Waals surface area (Å²) in [5, 5.41) is 3.02. The maximum Gasteiger partial charge on any atom is 0.224 e. The van der Waals surface area contributed by atoms with Crippen molar-refractivity contribution < 1.29 is 9.53 Å². The summed E-state index contributed by atoms with van der Waals surface area (Å²) < 4.78 is 5.65. The molecule has 0 aromatic heterocycles. The molecule has 2 saturated heterocycles. The monoisotopic (exact) mass is 234 g/mol. The van der Waals surface area contributed by atoms with Gasteiger partial charge in [0.1, 0.15) is 0 Å². The fourth-order valence-electron chi connectivity index (χ4n) is 2.22. The minimum Gasteiger partial charge on any atom is -0.373 e. The second-order valence-electron chi connectivity index (χ2n) is 4.36. The molecule has 0 aromatic rings. The van der Waals surface area contributed by atoms with Crippen molar-refractivity contribution in [2.24, 2.45) is 11.7 Å². The molecule has 2 aliphatic heterocycles. The van der Waals surface area contributed by atoms with Gasteiger partial charge in [-0.05, 0) is 19.3 Å². The van der Waals surface area contributed by atoms with Gasteiger partial charge in [-0.2, -0.15) is 0 Å². The SMILES string of the molecule is CC(CN)C(=O)N[C@@H]1C[C@H]2CC[C@@H]1O2.Cl. The molecule has 0 spiro atoms. The van der Waals surface area contributed by atoms with E-state index in [9.17, 15) is 4.79 Å². The Morgan fingerprint density at radius 2 is 2.33 bits per heavy atom. The van der Waals surface area contributed by atoms with Gasteiger partial charge in [0.05, 0.1) is 18.2 Å². The fourth-order valence-corrected chi connectivity index (χ4v) is 2.22. The molecule has 0 saturated carbocycles. The number of fused-ring (bicyclic) bond motifs is 2. The summed E-state index contributed by atoms with van der Waals surface area (Å²) in [7, 11) is 0. The van der Waals surface area contributed by atoms with Crippen molar-refractivity contribution in [2.45, 2.75) is 44.4 Å². The molecule has 1 unspecified atom stereocenters. The van der Waals surface area contributed by atoms with Crippen LogP contribution in [0.1, 0.15) is 26.2 Å². The topological polar surface area (TPSA) is 64.4 Å². The van der Waals surface area contributed by atoms with E-state index in [1.807, 2.05) is 6.92 Å². The van der Waals surface area contributed by atoms with Crippen LogP contribution in [0.5, 0.6) is 0 Å². The lowest BCUT2D eigenvalue weighted by atomic mass is 9.95. The van der Waals surface area contributed by atoms with Crippen molar-refractivity contribution in [3.05, 3.63) is 0 Å². The van der Waals surface area contributed by atoms with E-state index in [0.29, 0.717) is 12.6 Å². The van der Waals surface area contributed by atoms with Crippen molar-refractivity contribution in [3.63, 3.8) is 0 Å². The third kappa shape index (κ3) is 2.62. The molecule has 2 aliphatic rings. The van der Waals surface area contributed by atoms with Gasteiger partial charge >= 0.3 is 0 Å². The summed E-state index contributed by atoms with van der Waals surface area (Å²) in [4.78, 5) is 11.6. The van der Waals surface area contributed by atoms with E-state index in [0.717, 1.165) is 19.3 Å². The number of carbonyl (C=O) groups excluding carboxylic acids is 1. The normalized spacial score (nSPS) is 34.7. The quantitative estimate of drug-likeness (QED) is 0.745. The van der Waals surface area contributed by atoms with E-state index >= 15 is 0 Å². The van der Waals surface area contributed by atoms with Crippen LogP contribution in [0.2, 0.25) is 0 Å². The molecule has 0 aromatic carbocycles. The first-order valence-corrected chi connectivity index (χ1v) is 5.36. The summed E-state index contributed by atoms with van der Waals surface area (Å²) in [6.45, 7) is 2.26. The van der Waals surface area contributed by atoms with Gasteiger partial charge in [0.2, 0.25) is 5.91 Å². The smallest absolute Gasteiger partial charge is 0.224 e. The van der Waals surface area contributed by atoms with E-state index in [2.05, 4.69) is 5.32 Å². The molecular weight excluding hydrogens is 216 g/mol. The third-order valence-electron chi connectivity index (χ3n) is 3.23. The Balaban J connectivity index is 0.00000112. The van der Waals surface area contributed by atoms with Crippen LogP contribution in [0, 0.1) is 5.92 Å². The highest BCUT2D eigenvalue weighted by atomic mass is 35.5. The van der Waals surface area contributed by atoms with Gasteiger partial charge in [-0.25, -0.2) is 0 Å². The summed E-state index contributed by atoms with van der Waals surface area (Å²) in [6.07, 6.45) is 3.87. The van der Waals surface area contributed by atoms with Crippen LogP contribution in [0.3, 0.4) is 0 Å². The van der Waals surface area contributed by atoms with Crippen LogP contribution in [-0.4, -0.2) is 30.7 Å². The first kappa shape index (κ1) is 12.7. The number of halogens is 1. The highest BCUT2D eigenvalue weighted by Gasteiger charge is 2.41. The van der Waals surface area contributed by atoms with Gasteiger partial charge in [-0.3, -0.25) is 4.79 Å². The Bertz CT molecular complexity index is 237. The highest BCUT2D eigenvalue weighted by Crippen LogP contribution is 2.34. The van der Waals surface area contributed by atoms with Crippen LogP contribution < -0.4 is 11.1 Å². The van der Waals surface area contributed by atoms with Crippen LogP contribution in [0.4, 0.5) is 0 Å². The lowest BCUT2D eigenvalue weighted by molar-refractivity contribution is -0.125. The average molecular weight is 235 g/mol. The highest BCUT2D eigenvalue weighted by molar-refractivity contribution is 5.85. The van der Waals surface area contributed by atoms with Crippen molar-refractivity contribution >= 4 is 18.3 Å². The lowest BCUT2D eigenvalue weighted by Gasteiger charge is -2.21. The zero-order valence-electron chi connectivity index (χ0n) is 8.94. The predicted octanol–water partition coefficient (Wildman–Crippen LogP) is 0.439. The molecule has 2 heterocycles. The number of nitrogens with one attached hydrogen (secondary N) is 1. The second-order valence-corrected chi connectivity index (χ2v) is 4.36. The van der Waals surface area contributed by atoms with Gasteiger partial charge in [-0.15, -0.1) is 12.4 Å². The maximum atomic E-state index is 11.6. The lowest BCUT2D eigenvalue weighted by Crippen LogP contribution is -2.44. The van der Waals surface area contributed by atoms with Gasteiger partial charge in [0, 0.05) is 12.5 Å². The molecule has 0 aliphatic carbocycles. The van der Waals surface area contributed by atoms with Gasteiger partial charge < -0.3 is 15.8 Å². The molecule has 88 valence electrons. The Labute approximate surface area is 96.3 Å². The molecule has 0 radical (unpaired) electrons. The number of rotatable bonds is 3. The number of nitrogens with two attached hydrogens (primary N) is 1. The maximum absolute atomic E-state index is 11.6. The van der Waals surface area contributed by atoms with Crippen LogP contribution in [0.25, 0.3) is 0 Å². The first-order chi connectivity index (χ1) is 6.70. The predicted molar refractivity (Wildman–Crippen MR) is 59.9 cm³/mol. The van der Waals surface area contributed by atoms with Crippen molar-refractivity contribution in [2.75, 3.05) is 6.54 Å². The zero-order valence-corrected chi connectivity index (χ0v) is 9.76. The van der Waals surface area contributed by atoms with Gasteiger partial charge in [-0.1, -0.05) is 6.92 Å². The van der Waals surface area contributed by atoms with Gasteiger partial charge in [0.15, 0.2) is 0 Å².